The standard InChI is InChI=1S/C26H26F2N2O6S/c1-4-9-36-10-8-15-6-5-7-17(23(15)35-3)21-14-37-26(29-21)30-24(31)16-11-19(27)18(20(28)12-16)13-22(34-2)25(32)33/h5-7,11-14H,4,8-10H2,1-3H3,(H,32,33)(H,29,30,31)/b22-13+. The first-order valence-electron chi connectivity index (χ1n) is 11.3. The van der Waals surface area contributed by atoms with E-state index < -0.39 is 34.8 Å². The van der Waals surface area contributed by atoms with Gasteiger partial charge in [-0.05, 0) is 36.6 Å². The number of carbonyl (C=O) groups is 2. The number of carboxylic acid groups (broad SMARTS) is 1. The first kappa shape index (κ1) is 27.8. The smallest absolute Gasteiger partial charge is 0.371 e. The van der Waals surface area contributed by atoms with Crippen LogP contribution in [0.2, 0.25) is 0 Å². The number of carbonyl (C=O) groups excluding carboxylic acids is 1. The Morgan fingerprint density at radius 2 is 1.89 bits per heavy atom. The number of amides is 1. The summed E-state index contributed by atoms with van der Waals surface area (Å²) in [7, 11) is 2.63. The maximum Gasteiger partial charge on any atom is 0.371 e. The quantitative estimate of drug-likeness (QED) is 0.183. The number of nitrogens with zero attached hydrogens (tertiary/aromatic N) is 1. The highest BCUT2D eigenvalue weighted by molar-refractivity contribution is 7.14. The number of hydrogen-bond acceptors (Lipinski definition) is 7. The molecule has 0 bridgehead atoms. The van der Waals surface area contributed by atoms with Crippen LogP contribution in [0.3, 0.4) is 0 Å². The lowest BCUT2D eigenvalue weighted by Gasteiger charge is -2.12. The number of ether oxygens (including phenoxy) is 3. The molecule has 0 saturated heterocycles. The van der Waals surface area contributed by atoms with E-state index in [0.717, 1.165) is 48.1 Å². The summed E-state index contributed by atoms with van der Waals surface area (Å²) in [5.74, 6) is -4.52. The molecule has 196 valence electrons. The van der Waals surface area contributed by atoms with E-state index in [-0.39, 0.29) is 10.7 Å². The van der Waals surface area contributed by atoms with Gasteiger partial charge in [-0.1, -0.05) is 19.1 Å². The molecule has 8 nitrogen and oxygen atoms in total. The van der Waals surface area contributed by atoms with Crippen LogP contribution in [0.25, 0.3) is 17.3 Å². The van der Waals surface area contributed by atoms with Crippen molar-refractivity contribution in [1.29, 1.82) is 0 Å². The van der Waals surface area contributed by atoms with Gasteiger partial charge < -0.3 is 19.3 Å². The van der Waals surface area contributed by atoms with Crippen LogP contribution in [0.1, 0.15) is 34.8 Å². The maximum atomic E-state index is 14.5. The van der Waals surface area contributed by atoms with Crippen molar-refractivity contribution in [3.8, 4) is 17.0 Å². The molecule has 0 fully saturated rings. The number of thiazole rings is 1. The third-order valence-corrected chi connectivity index (χ3v) is 5.97. The second kappa shape index (κ2) is 12.9. The number of aliphatic carboxylic acids is 1. The Labute approximate surface area is 216 Å². The van der Waals surface area contributed by atoms with Gasteiger partial charge >= 0.3 is 5.97 Å². The lowest BCUT2D eigenvalue weighted by atomic mass is 10.0. The summed E-state index contributed by atoms with van der Waals surface area (Å²) >= 11 is 1.14. The van der Waals surface area contributed by atoms with E-state index in [2.05, 4.69) is 15.0 Å². The number of nitrogens with one attached hydrogen (secondary N) is 1. The molecule has 0 aliphatic heterocycles. The van der Waals surface area contributed by atoms with Crippen LogP contribution in [0.15, 0.2) is 41.5 Å². The molecule has 2 aromatic carbocycles. The molecule has 0 spiro atoms. The fourth-order valence-corrected chi connectivity index (χ4v) is 4.18. The largest absolute Gasteiger partial charge is 0.496 e. The van der Waals surface area contributed by atoms with Crippen molar-refractivity contribution in [2.75, 3.05) is 32.8 Å². The third-order valence-electron chi connectivity index (χ3n) is 5.21. The zero-order valence-electron chi connectivity index (χ0n) is 20.5. The number of halogens is 2. The Kier molecular flexibility index (Phi) is 9.70. The van der Waals surface area contributed by atoms with Crippen LogP contribution in [-0.4, -0.2) is 49.4 Å². The van der Waals surface area contributed by atoms with Gasteiger partial charge in [0, 0.05) is 34.8 Å². The van der Waals surface area contributed by atoms with Crippen molar-refractivity contribution in [2.24, 2.45) is 0 Å². The van der Waals surface area contributed by atoms with Crippen molar-refractivity contribution in [3.05, 3.63) is 69.8 Å². The van der Waals surface area contributed by atoms with Gasteiger partial charge in [0.15, 0.2) is 5.13 Å². The lowest BCUT2D eigenvalue weighted by Crippen LogP contribution is -2.13. The van der Waals surface area contributed by atoms with E-state index in [1.54, 1.807) is 12.5 Å². The van der Waals surface area contributed by atoms with E-state index in [1.165, 1.54) is 0 Å². The van der Waals surface area contributed by atoms with Gasteiger partial charge in [-0.15, -0.1) is 11.3 Å². The average molecular weight is 533 g/mol. The van der Waals surface area contributed by atoms with Crippen molar-refractivity contribution in [2.45, 2.75) is 19.8 Å². The lowest BCUT2D eigenvalue weighted by molar-refractivity contribution is -0.135. The zero-order valence-corrected chi connectivity index (χ0v) is 21.3. The second-order valence-corrected chi connectivity index (χ2v) is 8.58. The molecule has 0 aliphatic carbocycles. The fourth-order valence-electron chi connectivity index (χ4n) is 3.47. The maximum absolute atomic E-state index is 14.5. The molecule has 1 heterocycles. The number of rotatable bonds is 12. The van der Waals surface area contributed by atoms with E-state index in [0.29, 0.717) is 37.2 Å². The molecule has 3 aromatic rings. The molecule has 37 heavy (non-hydrogen) atoms. The molecular weight excluding hydrogens is 506 g/mol. The number of methoxy groups -OCH3 is 2. The number of benzene rings is 2. The van der Waals surface area contributed by atoms with Crippen LogP contribution in [0.4, 0.5) is 13.9 Å². The topological polar surface area (TPSA) is 107 Å². The monoisotopic (exact) mass is 532 g/mol. The predicted octanol–water partition coefficient (Wildman–Crippen LogP) is 5.39. The van der Waals surface area contributed by atoms with Crippen molar-refractivity contribution in [3.63, 3.8) is 0 Å². The number of carboxylic acids is 1. The highest BCUT2D eigenvalue weighted by Crippen LogP contribution is 2.35. The van der Waals surface area contributed by atoms with Crippen LogP contribution < -0.4 is 10.1 Å². The Balaban J connectivity index is 1.79. The summed E-state index contributed by atoms with van der Waals surface area (Å²) in [6.45, 7) is 3.27. The summed E-state index contributed by atoms with van der Waals surface area (Å²) in [6, 6.07) is 7.28. The molecule has 0 radical (unpaired) electrons. The molecule has 0 aliphatic rings. The Morgan fingerprint density at radius 1 is 1.16 bits per heavy atom. The number of hydrogen-bond donors (Lipinski definition) is 2. The van der Waals surface area contributed by atoms with Gasteiger partial charge in [-0.3, -0.25) is 10.1 Å². The van der Waals surface area contributed by atoms with E-state index >= 15 is 0 Å². The molecule has 11 heteroatoms. The molecule has 0 unspecified atom stereocenters. The molecular formula is C26H26F2N2O6S. The molecule has 1 aromatic heterocycles. The van der Waals surface area contributed by atoms with E-state index in [4.69, 9.17) is 14.6 Å². The summed E-state index contributed by atoms with van der Waals surface area (Å²) in [5.41, 5.74) is 1.30. The Morgan fingerprint density at radius 3 is 2.51 bits per heavy atom. The van der Waals surface area contributed by atoms with Gasteiger partial charge in [0.1, 0.15) is 17.4 Å². The van der Waals surface area contributed by atoms with Gasteiger partial charge in [0.25, 0.3) is 5.91 Å². The first-order valence-corrected chi connectivity index (χ1v) is 12.2. The minimum Gasteiger partial charge on any atom is -0.496 e. The number of para-hydroxylation sites is 1. The van der Waals surface area contributed by atoms with Gasteiger partial charge in [0.05, 0.1) is 26.5 Å². The van der Waals surface area contributed by atoms with E-state index in [1.807, 2.05) is 25.1 Å². The SMILES string of the molecule is CCCOCCc1cccc(-c2csc(NC(=O)c3cc(F)c(/C=C(/OC)C(=O)O)c(F)c3)n2)c1OC. The number of aromatic nitrogens is 1. The number of anilines is 1. The van der Waals surface area contributed by atoms with Gasteiger partial charge in [-0.25, -0.2) is 18.6 Å². The zero-order chi connectivity index (χ0) is 26.9. The molecule has 3 rings (SSSR count). The van der Waals surface area contributed by atoms with Crippen LogP contribution in [0, 0.1) is 11.6 Å². The minimum atomic E-state index is -1.49. The molecule has 0 saturated carbocycles. The van der Waals surface area contributed by atoms with Gasteiger partial charge in [0.2, 0.25) is 5.76 Å². The van der Waals surface area contributed by atoms with Gasteiger partial charge in [-0.2, -0.15) is 0 Å². The third kappa shape index (κ3) is 6.89. The normalized spacial score (nSPS) is 11.3. The first-order chi connectivity index (χ1) is 17.8. The van der Waals surface area contributed by atoms with Crippen LogP contribution in [0.5, 0.6) is 5.75 Å². The summed E-state index contributed by atoms with van der Waals surface area (Å²) in [6.07, 6.45) is 2.30. The Bertz CT molecular complexity index is 1280. The summed E-state index contributed by atoms with van der Waals surface area (Å²) in [4.78, 5) is 28.1. The van der Waals surface area contributed by atoms with Crippen LogP contribution in [-0.2, 0) is 20.7 Å². The average Bonchev–Trinajstić information content (AvgIpc) is 3.34. The highest BCUT2D eigenvalue weighted by atomic mass is 32.1. The van der Waals surface area contributed by atoms with Crippen LogP contribution >= 0.6 is 11.3 Å². The second-order valence-electron chi connectivity index (χ2n) is 7.72. The molecule has 1 amide bonds. The summed E-state index contributed by atoms with van der Waals surface area (Å²) < 4.78 is 44.8. The van der Waals surface area contributed by atoms with E-state index in [9.17, 15) is 18.4 Å². The predicted molar refractivity (Wildman–Crippen MR) is 136 cm³/mol. The molecule has 0 atom stereocenters. The van der Waals surface area contributed by atoms with Crippen molar-refractivity contribution >= 4 is 34.4 Å². The minimum absolute atomic E-state index is 0.219. The Hall–Kier alpha value is -3.83. The van der Waals surface area contributed by atoms with Crippen molar-refractivity contribution in [1.82, 2.24) is 4.98 Å². The molecule has 2 N–H and O–H groups in total. The summed E-state index contributed by atoms with van der Waals surface area (Å²) in [5, 5.41) is 13.5. The fraction of sp³-hybridized carbons (Fsp3) is 0.269. The highest BCUT2D eigenvalue weighted by Gasteiger charge is 2.19. The van der Waals surface area contributed by atoms with Crippen molar-refractivity contribution < 1.29 is 37.7 Å².